The van der Waals surface area contributed by atoms with E-state index in [-0.39, 0.29) is 36.5 Å². The predicted octanol–water partition coefficient (Wildman–Crippen LogP) is 3.16. The van der Waals surface area contributed by atoms with Crippen LogP contribution in [0.2, 0.25) is 0 Å². The van der Waals surface area contributed by atoms with Crippen LogP contribution in [0.15, 0.2) is 25.0 Å². The number of hydrogen-bond donors (Lipinski definition) is 2. The third-order valence-electron chi connectivity index (χ3n) is 2.50. The number of rotatable bonds is 9. The second-order valence-corrected chi connectivity index (χ2v) is 6.48. The van der Waals surface area contributed by atoms with Crippen molar-refractivity contribution in [1.82, 2.24) is 5.32 Å². The fraction of sp³-hybridized carbons (Fsp3) is 0.611. The van der Waals surface area contributed by atoms with Crippen molar-refractivity contribution in [2.24, 2.45) is 0 Å². The number of carboxylic acid groups (broad SMARTS) is 1. The van der Waals surface area contributed by atoms with Gasteiger partial charge in [0.05, 0.1) is 6.26 Å². The van der Waals surface area contributed by atoms with Crippen molar-refractivity contribution >= 4 is 17.9 Å². The topological polar surface area (TPSA) is 102 Å². The van der Waals surface area contributed by atoms with Crippen LogP contribution in [-0.2, 0) is 23.9 Å². The van der Waals surface area contributed by atoms with E-state index >= 15 is 0 Å². The normalized spacial score (nSPS) is 11.4. The average Bonchev–Trinajstić information content (AvgIpc) is 2.42. The van der Waals surface area contributed by atoms with E-state index in [1.165, 1.54) is 0 Å². The van der Waals surface area contributed by atoms with Crippen molar-refractivity contribution in [3.05, 3.63) is 25.0 Å². The monoisotopic (exact) mass is 357 g/mol. The lowest BCUT2D eigenvalue weighted by Crippen LogP contribution is -2.44. The maximum Gasteiger partial charge on any atom is 0.334 e. The van der Waals surface area contributed by atoms with Gasteiger partial charge in [-0.15, -0.1) is 0 Å². The highest BCUT2D eigenvalue weighted by molar-refractivity contribution is 5.87. The highest BCUT2D eigenvalue weighted by atomic mass is 16.6. The highest BCUT2D eigenvalue weighted by Crippen LogP contribution is 2.03. The van der Waals surface area contributed by atoms with Gasteiger partial charge in [-0.2, -0.15) is 0 Å². The lowest BCUT2D eigenvalue weighted by molar-refractivity contribution is -0.145. The molecule has 2 N–H and O–H groups in total. The van der Waals surface area contributed by atoms with Crippen LogP contribution in [0.3, 0.4) is 0 Å². The van der Waals surface area contributed by atoms with E-state index < -0.39 is 5.97 Å². The van der Waals surface area contributed by atoms with E-state index in [0.717, 1.165) is 6.26 Å². The van der Waals surface area contributed by atoms with Gasteiger partial charge in [0.2, 0.25) is 0 Å². The molecule has 0 aliphatic rings. The number of aliphatic carboxylic acids is 1. The van der Waals surface area contributed by atoms with Gasteiger partial charge in [-0.3, -0.25) is 14.9 Å². The number of unbranched alkanes of at least 4 members (excludes halogenated alkanes) is 1. The first-order valence-corrected chi connectivity index (χ1v) is 8.05. The van der Waals surface area contributed by atoms with Crippen molar-refractivity contribution in [2.75, 3.05) is 0 Å². The van der Waals surface area contributed by atoms with E-state index in [0.29, 0.717) is 18.4 Å². The minimum absolute atomic E-state index is 0.0607. The summed E-state index contributed by atoms with van der Waals surface area (Å²) in [5.74, 6) is -1.56. The van der Waals surface area contributed by atoms with Crippen LogP contribution in [0.4, 0.5) is 0 Å². The van der Waals surface area contributed by atoms with Crippen LogP contribution in [0, 0.1) is 0 Å². The molecule has 0 aliphatic carbocycles. The molecule has 0 fully saturated rings. The Hall–Kier alpha value is -2.15. The van der Waals surface area contributed by atoms with Gasteiger partial charge in [0, 0.05) is 24.0 Å². The summed E-state index contributed by atoms with van der Waals surface area (Å²) in [4.78, 5) is 31.8. The molecule has 7 heteroatoms. The predicted molar refractivity (Wildman–Crippen MR) is 95.6 cm³/mol. The lowest BCUT2D eigenvalue weighted by atomic mass is 10.1. The molecule has 1 atom stereocenters. The summed E-state index contributed by atoms with van der Waals surface area (Å²) < 4.78 is 9.46. The number of carboxylic acids is 1. The van der Waals surface area contributed by atoms with Crippen LogP contribution in [-0.4, -0.2) is 34.8 Å². The minimum atomic E-state index is -0.841. The van der Waals surface area contributed by atoms with E-state index in [1.807, 2.05) is 20.8 Å². The van der Waals surface area contributed by atoms with Crippen molar-refractivity contribution in [2.45, 2.75) is 72.1 Å². The van der Waals surface area contributed by atoms with E-state index in [9.17, 15) is 14.4 Å². The molecule has 0 spiro atoms. The summed E-state index contributed by atoms with van der Waals surface area (Å²) in [5, 5.41) is 11.4. The van der Waals surface area contributed by atoms with E-state index in [2.05, 4.69) is 23.2 Å². The molecule has 0 saturated carbocycles. The Labute approximate surface area is 150 Å². The standard InChI is InChI=1S/C10H19NO2.C8H12O4/c1-7(2)9(12)13-8(3)11-10(4,5)6;1-2-12-8(11)6-4-3-5-7(9)10/h8,11H,1H2,2-6H3;2H,1,3-6H2,(H,9,10). The molecule has 0 aliphatic heterocycles. The largest absolute Gasteiger partial charge is 0.481 e. The van der Waals surface area contributed by atoms with E-state index in [4.69, 9.17) is 9.84 Å². The number of ether oxygens (including phenoxy) is 2. The summed E-state index contributed by atoms with van der Waals surface area (Å²) in [5.41, 5.74) is 0.358. The molecule has 144 valence electrons. The van der Waals surface area contributed by atoms with Crippen LogP contribution in [0.1, 0.15) is 60.3 Å². The molecular weight excluding hydrogens is 326 g/mol. The molecule has 0 rings (SSSR count). The van der Waals surface area contributed by atoms with Gasteiger partial charge < -0.3 is 14.6 Å². The number of carbonyl (C=O) groups is 3. The van der Waals surface area contributed by atoms with Crippen LogP contribution >= 0.6 is 0 Å². The maximum atomic E-state index is 11.1. The molecule has 0 radical (unpaired) electrons. The molecule has 1 unspecified atom stereocenters. The number of nitrogens with one attached hydrogen (secondary N) is 1. The van der Waals surface area contributed by atoms with Crippen molar-refractivity contribution in [3.8, 4) is 0 Å². The van der Waals surface area contributed by atoms with Crippen molar-refractivity contribution < 1.29 is 29.0 Å². The lowest BCUT2D eigenvalue weighted by Gasteiger charge is -2.25. The van der Waals surface area contributed by atoms with Gasteiger partial charge in [-0.25, -0.2) is 4.79 Å². The van der Waals surface area contributed by atoms with Crippen LogP contribution in [0.5, 0.6) is 0 Å². The third-order valence-corrected chi connectivity index (χ3v) is 2.50. The van der Waals surface area contributed by atoms with E-state index in [1.54, 1.807) is 13.8 Å². The fourth-order valence-electron chi connectivity index (χ4n) is 1.60. The third kappa shape index (κ3) is 19.8. The van der Waals surface area contributed by atoms with Crippen LogP contribution in [0.25, 0.3) is 0 Å². The molecule has 0 bridgehead atoms. The van der Waals surface area contributed by atoms with Gasteiger partial charge in [-0.05, 0) is 47.5 Å². The van der Waals surface area contributed by atoms with Gasteiger partial charge in [0.1, 0.15) is 0 Å². The summed E-state index contributed by atoms with van der Waals surface area (Å²) in [6.45, 7) is 16.2. The molecule has 0 aromatic heterocycles. The number of esters is 2. The average molecular weight is 357 g/mol. The molecule has 25 heavy (non-hydrogen) atoms. The number of carbonyl (C=O) groups excluding carboxylic acids is 2. The van der Waals surface area contributed by atoms with Gasteiger partial charge in [0.25, 0.3) is 0 Å². The molecule has 7 nitrogen and oxygen atoms in total. The van der Waals surface area contributed by atoms with Crippen molar-refractivity contribution in [1.29, 1.82) is 0 Å². The van der Waals surface area contributed by atoms with Gasteiger partial charge in [0.15, 0.2) is 6.23 Å². The Kier molecular flexibility index (Phi) is 13.2. The zero-order valence-corrected chi connectivity index (χ0v) is 15.9. The molecule has 0 aromatic rings. The summed E-state index contributed by atoms with van der Waals surface area (Å²) >= 11 is 0. The Morgan fingerprint density at radius 3 is 2.12 bits per heavy atom. The zero-order valence-electron chi connectivity index (χ0n) is 15.9. The smallest absolute Gasteiger partial charge is 0.334 e. The number of hydrogen-bond acceptors (Lipinski definition) is 6. The second-order valence-electron chi connectivity index (χ2n) is 6.48. The zero-order chi connectivity index (χ0) is 20.0. The highest BCUT2D eigenvalue weighted by Gasteiger charge is 2.16. The first kappa shape index (κ1) is 25.1. The van der Waals surface area contributed by atoms with Gasteiger partial charge in [-0.1, -0.05) is 13.2 Å². The first-order valence-electron chi connectivity index (χ1n) is 8.05. The van der Waals surface area contributed by atoms with Crippen molar-refractivity contribution in [3.63, 3.8) is 0 Å². The molecule has 0 aromatic carbocycles. The second kappa shape index (κ2) is 13.2. The molecule has 0 amide bonds. The quantitative estimate of drug-likeness (QED) is 0.215. The summed E-state index contributed by atoms with van der Waals surface area (Å²) in [6, 6.07) is 0. The molecule has 0 saturated heterocycles. The SMILES string of the molecule is C=C(C)C(=O)OC(C)NC(C)(C)C.C=COC(=O)CCCCC(=O)O. The molecule has 0 heterocycles. The Bertz CT molecular complexity index is 465. The van der Waals surface area contributed by atoms with Crippen LogP contribution < -0.4 is 5.32 Å². The first-order chi connectivity index (χ1) is 11.4. The maximum absolute atomic E-state index is 11.1. The Balaban J connectivity index is 0. The summed E-state index contributed by atoms with van der Waals surface area (Å²) in [7, 11) is 0. The Morgan fingerprint density at radius 2 is 1.72 bits per heavy atom. The van der Waals surface area contributed by atoms with Gasteiger partial charge >= 0.3 is 17.9 Å². The minimum Gasteiger partial charge on any atom is -0.481 e. The Morgan fingerprint density at radius 1 is 1.20 bits per heavy atom. The summed E-state index contributed by atoms with van der Waals surface area (Å²) in [6.07, 6.45) is 2.17. The molecular formula is C18H31NO6. The fourth-order valence-corrected chi connectivity index (χ4v) is 1.60.